The van der Waals surface area contributed by atoms with Crippen molar-refractivity contribution in [3.8, 4) is 0 Å². The van der Waals surface area contributed by atoms with Crippen LogP contribution in [0.1, 0.15) is 18.1 Å². The second-order valence-electron chi connectivity index (χ2n) is 8.30. The van der Waals surface area contributed by atoms with Crippen LogP contribution < -0.4 is 0 Å². The molecule has 33 heavy (non-hydrogen) atoms. The minimum absolute atomic E-state index is 0.150. The molecule has 0 bridgehead atoms. The first-order chi connectivity index (χ1) is 15.8. The van der Waals surface area contributed by atoms with Gasteiger partial charge in [0.15, 0.2) is 0 Å². The van der Waals surface area contributed by atoms with Gasteiger partial charge in [0, 0.05) is 38.8 Å². The van der Waals surface area contributed by atoms with Gasteiger partial charge < -0.3 is 20.1 Å². The number of carboxylic acids is 3. The van der Waals surface area contributed by atoms with E-state index in [1.165, 1.54) is 5.56 Å². The van der Waals surface area contributed by atoms with Crippen molar-refractivity contribution in [2.45, 2.75) is 25.8 Å². The molecule has 1 aliphatic rings. The van der Waals surface area contributed by atoms with Crippen LogP contribution in [0.2, 0.25) is 0 Å². The molecule has 1 aliphatic heterocycles. The molecule has 1 aromatic rings. The lowest BCUT2D eigenvalue weighted by Gasteiger charge is -2.36. The molecule has 0 unspecified atom stereocenters. The van der Waals surface area contributed by atoms with Crippen LogP contribution in [-0.4, -0.2) is 120 Å². The molecule has 0 aliphatic carbocycles. The Hall–Kier alpha value is -2.53. The van der Waals surface area contributed by atoms with Crippen LogP contribution in [0.3, 0.4) is 0 Å². The van der Waals surface area contributed by atoms with Gasteiger partial charge in [-0.3, -0.25) is 29.1 Å². The summed E-state index contributed by atoms with van der Waals surface area (Å²) in [6.45, 7) is 4.02. The summed E-state index contributed by atoms with van der Waals surface area (Å²) < 4.78 is 5.67. The monoisotopic (exact) mass is 465 g/mol. The van der Waals surface area contributed by atoms with Gasteiger partial charge in [-0.1, -0.05) is 31.2 Å². The Balaban J connectivity index is 2.27. The fourth-order valence-electron chi connectivity index (χ4n) is 4.00. The molecule has 0 amide bonds. The van der Waals surface area contributed by atoms with Crippen LogP contribution >= 0.6 is 0 Å². The third-order valence-electron chi connectivity index (χ3n) is 5.75. The van der Waals surface area contributed by atoms with E-state index in [2.05, 4.69) is 6.92 Å². The van der Waals surface area contributed by atoms with Gasteiger partial charge in [-0.05, 0) is 24.0 Å². The van der Waals surface area contributed by atoms with Crippen LogP contribution in [0, 0.1) is 0 Å². The number of aliphatic carboxylic acids is 3. The van der Waals surface area contributed by atoms with E-state index in [0.717, 1.165) is 12.0 Å². The lowest BCUT2D eigenvalue weighted by Crippen LogP contribution is -2.51. The van der Waals surface area contributed by atoms with Gasteiger partial charge in [-0.2, -0.15) is 0 Å². The highest BCUT2D eigenvalue weighted by Crippen LogP contribution is 2.14. The minimum Gasteiger partial charge on any atom is -0.480 e. The number of hydrogen-bond acceptors (Lipinski definition) is 7. The lowest BCUT2D eigenvalue weighted by atomic mass is 10.0. The van der Waals surface area contributed by atoms with Crippen molar-refractivity contribution < 1.29 is 34.4 Å². The molecule has 0 radical (unpaired) electrons. The molecule has 1 heterocycles. The van der Waals surface area contributed by atoms with E-state index in [1.807, 2.05) is 29.2 Å². The summed E-state index contributed by atoms with van der Waals surface area (Å²) in [6, 6.07) is 7.91. The summed E-state index contributed by atoms with van der Waals surface area (Å²) in [4.78, 5) is 39.6. The summed E-state index contributed by atoms with van der Waals surface area (Å²) >= 11 is 0. The van der Waals surface area contributed by atoms with Crippen LogP contribution in [0.25, 0.3) is 0 Å². The first-order valence-electron chi connectivity index (χ1n) is 11.3. The fourth-order valence-corrected chi connectivity index (χ4v) is 4.00. The zero-order valence-corrected chi connectivity index (χ0v) is 19.2. The highest BCUT2D eigenvalue weighted by Gasteiger charge is 2.26. The van der Waals surface area contributed by atoms with E-state index in [-0.39, 0.29) is 25.7 Å². The standard InChI is InChI=1S/C23H35N3O7/c1-2-18-3-5-19(6-4-18)13-20-14-25(16-22(29)30)8-7-24(15-21(27)28)9-11-33-12-10-26(20)17-23(31)32/h3-6,20H,2,7-17H2,1H3,(H,27,28)(H,29,30)(H,31,32)/t20-/m0/s1. The number of ether oxygens (including phenoxy) is 1. The normalized spacial score (nSPS) is 20.0. The largest absolute Gasteiger partial charge is 0.480 e. The van der Waals surface area contributed by atoms with Gasteiger partial charge >= 0.3 is 17.9 Å². The quantitative estimate of drug-likeness (QED) is 0.469. The second kappa shape index (κ2) is 13.9. The zero-order valence-electron chi connectivity index (χ0n) is 19.2. The van der Waals surface area contributed by atoms with E-state index in [9.17, 15) is 29.7 Å². The number of carboxylic acid groups (broad SMARTS) is 3. The zero-order chi connectivity index (χ0) is 24.2. The number of nitrogens with zero attached hydrogens (tertiary/aromatic N) is 3. The summed E-state index contributed by atoms with van der Waals surface area (Å²) in [5.41, 5.74) is 2.25. The maximum Gasteiger partial charge on any atom is 0.317 e. The van der Waals surface area contributed by atoms with Crippen molar-refractivity contribution in [3.63, 3.8) is 0 Å². The maximum atomic E-state index is 11.6. The fraction of sp³-hybridized carbons (Fsp3) is 0.609. The van der Waals surface area contributed by atoms with Gasteiger partial charge in [0.05, 0.1) is 32.8 Å². The van der Waals surface area contributed by atoms with Crippen molar-refractivity contribution in [2.24, 2.45) is 0 Å². The number of aryl methyl sites for hydroxylation is 1. The van der Waals surface area contributed by atoms with Crippen LogP contribution in [0.15, 0.2) is 24.3 Å². The molecule has 0 aromatic heterocycles. The molecule has 1 atom stereocenters. The van der Waals surface area contributed by atoms with E-state index in [4.69, 9.17) is 4.74 Å². The van der Waals surface area contributed by atoms with E-state index in [0.29, 0.717) is 52.4 Å². The first-order valence-corrected chi connectivity index (χ1v) is 11.3. The topological polar surface area (TPSA) is 131 Å². The molecular weight excluding hydrogens is 430 g/mol. The highest BCUT2D eigenvalue weighted by atomic mass is 16.5. The Morgan fingerprint density at radius 1 is 0.818 bits per heavy atom. The first kappa shape index (κ1) is 26.7. The molecule has 0 spiro atoms. The average molecular weight is 466 g/mol. The lowest BCUT2D eigenvalue weighted by molar-refractivity contribution is -0.141. The Morgan fingerprint density at radius 3 is 1.97 bits per heavy atom. The second-order valence-corrected chi connectivity index (χ2v) is 8.30. The van der Waals surface area contributed by atoms with Gasteiger partial charge in [-0.25, -0.2) is 0 Å². The summed E-state index contributed by atoms with van der Waals surface area (Å²) in [5.74, 6) is -2.88. The number of hydrogen-bond donors (Lipinski definition) is 3. The van der Waals surface area contributed by atoms with E-state index in [1.54, 1.807) is 9.80 Å². The molecule has 1 fully saturated rings. The average Bonchev–Trinajstić information content (AvgIpc) is 2.74. The Bertz CT molecular complexity index is 772. The molecule has 2 rings (SSSR count). The Kier molecular flexibility index (Phi) is 11.2. The molecule has 10 heteroatoms. The van der Waals surface area contributed by atoms with Crippen molar-refractivity contribution >= 4 is 17.9 Å². The van der Waals surface area contributed by atoms with Crippen molar-refractivity contribution in [2.75, 3.05) is 65.6 Å². The predicted octanol–water partition coefficient (Wildman–Crippen LogP) is 0.350. The molecular formula is C23H35N3O7. The highest BCUT2D eigenvalue weighted by molar-refractivity contribution is 5.70. The molecule has 184 valence electrons. The SMILES string of the molecule is CCc1ccc(C[C@H]2CN(CC(=O)O)CCN(CC(=O)O)CCOCCN2CC(=O)O)cc1. The molecule has 3 N–H and O–H groups in total. The molecule has 10 nitrogen and oxygen atoms in total. The smallest absolute Gasteiger partial charge is 0.317 e. The number of rotatable bonds is 9. The van der Waals surface area contributed by atoms with Crippen molar-refractivity contribution in [1.29, 1.82) is 0 Å². The maximum absolute atomic E-state index is 11.6. The molecule has 1 saturated heterocycles. The third kappa shape index (κ3) is 10.3. The Labute approximate surface area is 194 Å². The number of carbonyl (C=O) groups is 3. The summed E-state index contributed by atoms with van der Waals surface area (Å²) in [5, 5.41) is 28.1. The Morgan fingerprint density at radius 2 is 1.36 bits per heavy atom. The van der Waals surface area contributed by atoms with E-state index < -0.39 is 17.9 Å². The van der Waals surface area contributed by atoms with Crippen LogP contribution in [-0.2, 0) is 32.0 Å². The van der Waals surface area contributed by atoms with Gasteiger partial charge in [-0.15, -0.1) is 0 Å². The number of benzene rings is 1. The van der Waals surface area contributed by atoms with Crippen molar-refractivity contribution in [1.82, 2.24) is 14.7 Å². The summed E-state index contributed by atoms with van der Waals surface area (Å²) in [6.07, 6.45) is 1.48. The van der Waals surface area contributed by atoms with Crippen LogP contribution in [0.4, 0.5) is 0 Å². The molecule has 1 aromatic carbocycles. The summed E-state index contributed by atoms with van der Waals surface area (Å²) in [7, 11) is 0. The van der Waals surface area contributed by atoms with E-state index >= 15 is 0 Å². The predicted molar refractivity (Wildman–Crippen MR) is 121 cm³/mol. The van der Waals surface area contributed by atoms with Gasteiger partial charge in [0.25, 0.3) is 0 Å². The molecule has 0 saturated carbocycles. The minimum atomic E-state index is -0.981. The van der Waals surface area contributed by atoms with Crippen LogP contribution in [0.5, 0.6) is 0 Å². The van der Waals surface area contributed by atoms with Crippen molar-refractivity contribution in [3.05, 3.63) is 35.4 Å². The van der Waals surface area contributed by atoms with Gasteiger partial charge in [0.2, 0.25) is 0 Å². The third-order valence-corrected chi connectivity index (χ3v) is 5.75. The van der Waals surface area contributed by atoms with Gasteiger partial charge in [0.1, 0.15) is 0 Å².